The molecule has 0 bridgehead atoms. The van der Waals surface area contributed by atoms with E-state index in [1.54, 1.807) is 16.8 Å². The Morgan fingerprint density at radius 3 is 2.59 bits per heavy atom. The lowest BCUT2D eigenvalue weighted by molar-refractivity contribution is 0.0441. The summed E-state index contributed by atoms with van der Waals surface area (Å²) in [5, 5.41) is 12.8. The van der Waals surface area contributed by atoms with Crippen LogP contribution in [0.2, 0.25) is 0 Å². The van der Waals surface area contributed by atoms with Crippen LogP contribution < -0.4 is 5.32 Å². The van der Waals surface area contributed by atoms with E-state index in [9.17, 15) is 9.90 Å². The number of aliphatic hydroxyl groups is 1. The molecule has 0 aliphatic heterocycles. The van der Waals surface area contributed by atoms with Crippen LogP contribution in [0.4, 0.5) is 4.79 Å². The van der Waals surface area contributed by atoms with Crippen molar-refractivity contribution in [1.82, 2.24) is 10.3 Å². The van der Waals surface area contributed by atoms with Crippen molar-refractivity contribution < 1.29 is 14.6 Å². The number of carbonyl (C=O) groups is 1. The summed E-state index contributed by atoms with van der Waals surface area (Å²) in [6, 6.07) is 0. The molecule has 5 nitrogen and oxygen atoms in total. The molecule has 1 aromatic rings. The third-order valence-electron chi connectivity index (χ3n) is 3.22. The van der Waals surface area contributed by atoms with Gasteiger partial charge in [0.15, 0.2) is 0 Å². The van der Waals surface area contributed by atoms with Crippen LogP contribution in [-0.2, 0) is 11.2 Å². The lowest BCUT2D eigenvalue weighted by Crippen LogP contribution is -2.44. The maximum absolute atomic E-state index is 11.9. The zero-order valence-electron chi connectivity index (χ0n) is 14.2. The molecule has 0 radical (unpaired) electrons. The number of alkyl carbamates (subject to hydrolysis) is 1. The molecule has 0 saturated carbocycles. The molecule has 0 aliphatic carbocycles. The van der Waals surface area contributed by atoms with Gasteiger partial charge in [0.2, 0.25) is 0 Å². The van der Waals surface area contributed by atoms with Gasteiger partial charge in [0.1, 0.15) is 5.60 Å². The number of rotatable bonds is 7. The average Bonchev–Trinajstić information content (AvgIpc) is 2.86. The molecule has 1 atom stereocenters. The Balaban J connectivity index is 2.74. The lowest BCUT2D eigenvalue weighted by Gasteiger charge is -2.33. The number of ether oxygens (including phenoxy) is 1. The van der Waals surface area contributed by atoms with E-state index in [4.69, 9.17) is 4.74 Å². The lowest BCUT2D eigenvalue weighted by atomic mass is 9.77. The highest BCUT2D eigenvalue weighted by Gasteiger charge is 2.32. The zero-order valence-corrected chi connectivity index (χ0v) is 15.0. The number of amides is 1. The van der Waals surface area contributed by atoms with Crippen LogP contribution in [0.3, 0.4) is 0 Å². The van der Waals surface area contributed by atoms with Crippen molar-refractivity contribution in [3.63, 3.8) is 0 Å². The van der Waals surface area contributed by atoms with Crippen LogP contribution in [0.15, 0.2) is 11.7 Å². The van der Waals surface area contributed by atoms with E-state index in [1.807, 2.05) is 27.0 Å². The maximum atomic E-state index is 11.9. The zero-order chi connectivity index (χ0) is 16.8. The number of hydrogen-bond donors (Lipinski definition) is 2. The predicted octanol–water partition coefficient (Wildman–Crippen LogP) is 3.24. The van der Waals surface area contributed by atoms with Crippen molar-refractivity contribution >= 4 is 17.4 Å². The van der Waals surface area contributed by atoms with Crippen LogP contribution in [0.1, 0.15) is 45.9 Å². The molecular formula is C16H28N2O3S. The van der Waals surface area contributed by atoms with Gasteiger partial charge in [-0.25, -0.2) is 4.79 Å². The van der Waals surface area contributed by atoms with Gasteiger partial charge in [-0.1, -0.05) is 13.8 Å². The summed E-state index contributed by atoms with van der Waals surface area (Å²) in [7, 11) is 0. The van der Waals surface area contributed by atoms with Gasteiger partial charge in [-0.2, -0.15) is 0 Å². The van der Waals surface area contributed by atoms with Crippen LogP contribution in [0.5, 0.6) is 0 Å². The molecule has 0 aliphatic rings. The molecule has 0 spiro atoms. The smallest absolute Gasteiger partial charge is 0.407 e. The van der Waals surface area contributed by atoms with E-state index in [0.29, 0.717) is 18.9 Å². The van der Waals surface area contributed by atoms with Gasteiger partial charge < -0.3 is 15.2 Å². The van der Waals surface area contributed by atoms with E-state index in [0.717, 1.165) is 11.3 Å². The van der Waals surface area contributed by atoms with Crippen LogP contribution in [0.25, 0.3) is 0 Å². The number of hydrogen-bond acceptors (Lipinski definition) is 5. The molecule has 2 N–H and O–H groups in total. The molecule has 126 valence electrons. The van der Waals surface area contributed by atoms with Crippen molar-refractivity contribution in [3.05, 3.63) is 16.6 Å². The Labute approximate surface area is 137 Å². The number of nitrogens with zero attached hydrogens (tertiary/aromatic N) is 1. The first-order valence-electron chi connectivity index (χ1n) is 7.61. The summed E-state index contributed by atoms with van der Waals surface area (Å²) in [6.45, 7) is 10.1. The largest absolute Gasteiger partial charge is 0.444 e. The van der Waals surface area contributed by atoms with Gasteiger partial charge >= 0.3 is 6.09 Å². The Hall–Kier alpha value is -1.14. The van der Waals surface area contributed by atoms with Crippen LogP contribution in [-0.4, -0.2) is 34.9 Å². The first kappa shape index (κ1) is 18.9. The molecule has 1 amide bonds. The van der Waals surface area contributed by atoms with Gasteiger partial charge in [0, 0.05) is 23.0 Å². The Morgan fingerprint density at radius 1 is 1.45 bits per heavy atom. The molecule has 1 unspecified atom stereocenters. The van der Waals surface area contributed by atoms with Gasteiger partial charge in [0.25, 0.3) is 0 Å². The Morgan fingerprint density at radius 2 is 2.14 bits per heavy atom. The van der Waals surface area contributed by atoms with Crippen molar-refractivity contribution in [1.29, 1.82) is 0 Å². The normalized spacial score (nSPS) is 14.7. The highest BCUT2D eigenvalue weighted by molar-refractivity contribution is 7.09. The van der Waals surface area contributed by atoms with Gasteiger partial charge in [0.05, 0.1) is 12.1 Å². The van der Waals surface area contributed by atoms with E-state index in [2.05, 4.69) is 24.1 Å². The van der Waals surface area contributed by atoms with E-state index in [-0.39, 0.29) is 6.61 Å². The SMILES string of the molecule is CC(C)CC(CO)(CNC(=O)OC(C)(C)C)Cc1cncs1. The second-order valence-electron chi connectivity index (χ2n) is 7.26. The maximum Gasteiger partial charge on any atom is 0.407 e. The van der Waals surface area contributed by atoms with Crippen LogP contribution >= 0.6 is 11.3 Å². The Bertz CT molecular complexity index is 454. The molecule has 6 heteroatoms. The first-order valence-corrected chi connectivity index (χ1v) is 8.49. The van der Waals surface area contributed by atoms with Crippen molar-refractivity contribution in [2.24, 2.45) is 11.3 Å². The first-order chi connectivity index (χ1) is 10.2. The van der Waals surface area contributed by atoms with Crippen molar-refractivity contribution in [2.45, 2.75) is 53.1 Å². The van der Waals surface area contributed by atoms with Gasteiger partial charge in [-0.3, -0.25) is 4.98 Å². The fourth-order valence-electron chi connectivity index (χ4n) is 2.52. The summed E-state index contributed by atoms with van der Waals surface area (Å²) >= 11 is 1.57. The minimum Gasteiger partial charge on any atom is -0.444 e. The summed E-state index contributed by atoms with van der Waals surface area (Å²) in [6.07, 6.45) is 2.89. The van der Waals surface area contributed by atoms with E-state index >= 15 is 0 Å². The van der Waals surface area contributed by atoms with Crippen LogP contribution in [0, 0.1) is 11.3 Å². The summed E-state index contributed by atoms with van der Waals surface area (Å²) in [4.78, 5) is 17.1. The summed E-state index contributed by atoms with van der Waals surface area (Å²) in [5.74, 6) is 0.417. The molecule has 1 rings (SSSR count). The third-order valence-corrected chi connectivity index (χ3v) is 4.00. The van der Waals surface area contributed by atoms with Gasteiger partial charge in [-0.05, 0) is 39.5 Å². The highest BCUT2D eigenvalue weighted by Crippen LogP contribution is 2.31. The topological polar surface area (TPSA) is 71.5 Å². The molecule has 0 saturated heterocycles. The average molecular weight is 328 g/mol. The number of aliphatic hydroxyl groups excluding tert-OH is 1. The number of aromatic nitrogens is 1. The standard InChI is InChI=1S/C16H28N2O3S/c1-12(2)6-16(10-19,7-13-8-17-11-22-13)9-18-14(20)21-15(3,4)5/h8,11-12,19H,6-7,9-10H2,1-5H3,(H,18,20). The molecule has 0 aromatic carbocycles. The summed E-state index contributed by atoms with van der Waals surface area (Å²) in [5.41, 5.74) is 0.868. The number of thiazole rings is 1. The number of carbonyl (C=O) groups excluding carboxylic acids is 1. The second-order valence-corrected chi connectivity index (χ2v) is 8.23. The molecular weight excluding hydrogens is 300 g/mol. The van der Waals surface area contributed by atoms with Crippen molar-refractivity contribution in [3.8, 4) is 0 Å². The quantitative estimate of drug-likeness (QED) is 0.806. The van der Waals surface area contributed by atoms with Crippen molar-refractivity contribution in [2.75, 3.05) is 13.2 Å². The van der Waals surface area contributed by atoms with E-state index in [1.165, 1.54) is 0 Å². The minimum atomic E-state index is -0.526. The monoisotopic (exact) mass is 328 g/mol. The highest BCUT2D eigenvalue weighted by atomic mass is 32.1. The van der Waals surface area contributed by atoms with E-state index < -0.39 is 17.1 Å². The fourth-order valence-corrected chi connectivity index (χ4v) is 3.29. The molecule has 22 heavy (non-hydrogen) atoms. The molecule has 1 aromatic heterocycles. The molecule has 1 heterocycles. The predicted molar refractivity (Wildman–Crippen MR) is 89.0 cm³/mol. The number of nitrogens with one attached hydrogen (secondary N) is 1. The third kappa shape index (κ3) is 6.75. The summed E-state index contributed by atoms with van der Waals surface area (Å²) < 4.78 is 5.28. The second kappa shape index (κ2) is 7.92. The fraction of sp³-hybridized carbons (Fsp3) is 0.750. The van der Waals surface area contributed by atoms with Gasteiger partial charge in [-0.15, -0.1) is 11.3 Å². The minimum absolute atomic E-state index is 0.0128. The Kier molecular flexibility index (Phi) is 6.81. The molecule has 0 fully saturated rings.